The number of rotatable bonds is 8. The fourth-order valence-electron chi connectivity index (χ4n) is 4.64. The van der Waals surface area contributed by atoms with Gasteiger partial charge in [0, 0.05) is 18.2 Å². The first kappa shape index (κ1) is 24.2. The molecule has 2 amide bonds. The molecule has 4 N–H and O–H groups in total. The second-order valence-corrected chi connectivity index (χ2v) is 10.9. The summed E-state index contributed by atoms with van der Waals surface area (Å²) in [7, 11) is 0. The van der Waals surface area contributed by atoms with Gasteiger partial charge in [-0.05, 0) is 56.0 Å². The van der Waals surface area contributed by atoms with Gasteiger partial charge in [-0.15, -0.1) is 11.3 Å². The van der Waals surface area contributed by atoms with Crippen molar-refractivity contribution in [1.82, 2.24) is 20.8 Å². The molecule has 0 atom stereocenters. The molecule has 2 aromatic carbocycles. The normalized spacial score (nSPS) is 14.3. The monoisotopic (exact) mass is 501 g/mol. The molecule has 1 saturated carbocycles. The second-order valence-electron chi connectivity index (χ2n) is 9.88. The van der Waals surface area contributed by atoms with E-state index < -0.39 is 5.54 Å². The largest absolute Gasteiger partial charge is 0.342 e. The number of hydrogen-bond acceptors (Lipinski definition) is 5. The van der Waals surface area contributed by atoms with Crippen LogP contribution in [-0.2, 0) is 12.1 Å². The highest BCUT2D eigenvalue weighted by Gasteiger charge is 2.25. The summed E-state index contributed by atoms with van der Waals surface area (Å²) < 4.78 is 0. The number of aromatic amines is 1. The van der Waals surface area contributed by atoms with Gasteiger partial charge in [-0.3, -0.25) is 14.7 Å². The Labute approximate surface area is 214 Å². The van der Waals surface area contributed by atoms with E-state index in [1.54, 1.807) is 6.07 Å². The molecule has 0 saturated heterocycles. The van der Waals surface area contributed by atoms with Crippen molar-refractivity contribution >= 4 is 39.2 Å². The molecule has 2 aromatic heterocycles. The molecule has 5 rings (SSSR count). The highest BCUT2D eigenvalue weighted by molar-refractivity contribution is 7.20. The number of amides is 2. The third-order valence-electron chi connectivity index (χ3n) is 6.80. The lowest BCUT2D eigenvalue weighted by Crippen LogP contribution is -2.40. The molecule has 186 valence electrons. The molecule has 1 fully saturated rings. The lowest BCUT2D eigenvalue weighted by molar-refractivity contribution is 0.0915. The molecule has 4 aromatic rings. The van der Waals surface area contributed by atoms with Crippen molar-refractivity contribution in [3.63, 3.8) is 0 Å². The molecule has 0 aliphatic heterocycles. The average Bonchev–Trinajstić information content (AvgIpc) is 3.62. The van der Waals surface area contributed by atoms with Gasteiger partial charge in [-0.1, -0.05) is 55.3 Å². The van der Waals surface area contributed by atoms with Crippen molar-refractivity contribution in [3.05, 3.63) is 82.2 Å². The Morgan fingerprint density at radius 2 is 1.75 bits per heavy atom. The van der Waals surface area contributed by atoms with E-state index >= 15 is 0 Å². The molecular weight excluding hydrogens is 470 g/mol. The van der Waals surface area contributed by atoms with Gasteiger partial charge in [-0.2, -0.15) is 5.10 Å². The first-order chi connectivity index (χ1) is 17.4. The van der Waals surface area contributed by atoms with Crippen molar-refractivity contribution in [2.75, 3.05) is 5.32 Å². The number of benzene rings is 2. The predicted octanol–water partition coefficient (Wildman–Crippen LogP) is 5.57. The molecule has 8 heteroatoms. The standard InChI is InChI=1S/C28H31N5O2S/c1-28(2,20-8-4-3-5-9-20)31-26(35)23-16-22-24(32-33-27(22)36-23)30-25(34)19-14-12-18(13-15-19)17-29-21-10-6-7-11-21/h3-5,8-9,12-16,21,29H,6-7,10-11,17H2,1-2H3,(H,31,35)(H2,30,32,33,34). The quantitative estimate of drug-likeness (QED) is 0.253. The van der Waals surface area contributed by atoms with Gasteiger partial charge in [0.1, 0.15) is 4.83 Å². The van der Waals surface area contributed by atoms with Crippen LogP contribution in [0.15, 0.2) is 60.7 Å². The molecule has 0 unspecified atom stereocenters. The maximum absolute atomic E-state index is 13.0. The van der Waals surface area contributed by atoms with E-state index in [9.17, 15) is 9.59 Å². The Balaban J connectivity index is 1.23. The van der Waals surface area contributed by atoms with Crippen LogP contribution in [0.5, 0.6) is 0 Å². The number of fused-ring (bicyclic) bond motifs is 1. The minimum absolute atomic E-state index is 0.169. The van der Waals surface area contributed by atoms with Gasteiger partial charge in [0.25, 0.3) is 11.8 Å². The highest BCUT2D eigenvalue weighted by Crippen LogP contribution is 2.30. The minimum Gasteiger partial charge on any atom is -0.342 e. The first-order valence-electron chi connectivity index (χ1n) is 12.4. The molecule has 0 spiro atoms. The van der Waals surface area contributed by atoms with Gasteiger partial charge in [0.2, 0.25) is 0 Å². The van der Waals surface area contributed by atoms with Crippen LogP contribution < -0.4 is 16.0 Å². The van der Waals surface area contributed by atoms with Crippen LogP contribution in [0.4, 0.5) is 5.82 Å². The number of nitrogens with one attached hydrogen (secondary N) is 4. The van der Waals surface area contributed by atoms with Gasteiger partial charge < -0.3 is 16.0 Å². The van der Waals surface area contributed by atoms with Crippen LogP contribution in [-0.4, -0.2) is 28.1 Å². The van der Waals surface area contributed by atoms with Crippen molar-refractivity contribution < 1.29 is 9.59 Å². The summed E-state index contributed by atoms with van der Waals surface area (Å²) in [4.78, 5) is 27.2. The topological polar surface area (TPSA) is 98.9 Å². The first-order valence-corrected chi connectivity index (χ1v) is 13.2. The van der Waals surface area contributed by atoms with E-state index in [-0.39, 0.29) is 11.8 Å². The SMILES string of the molecule is CC(C)(NC(=O)c1cc2c(NC(=O)c3ccc(CNC4CCCC4)cc3)n[nH]c2s1)c1ccccc1. The number of carbonyl (C=O) groups is 2. The van der Waals surface area contributed by atoms with E-state index in [1.165, 1.54) is 37.0 Å². The zero-order valence-electron chi connectivity index (χ0n) is 20.6. The van der Waals surface area contributed by atoms with E-state index in [1.807, 2.05) is 68.4 Å². The number of anilines is 1. The Morgan fingerprint density at radius 1 is 1.03 bits per heavy atom. The zero-order chi connectivity index (χ0) is 25.1. The Kier molecular flexibility index (Phi) is 6.89. The Bertz CT molecular complexity index is 1350. The van der Waals surface area contributed by atoms with Crippen molar-refractivity contribution in [3.8, 4) is 0 Å². The molecule has 7 nitrogen and oxygen atoms in total. The summed E-state index contributed by atoms with van der Waals surface area (Å²) in [5.74, 6) is 0.0123. The molecule has 36 heavy (non-hydrogen) atoms. The van der Waals surface area contributed by atoms with E-state index in [0.29, 0.717) is 27.7 Å². The lowest BCUT2D eigenvalue weighted by atomic mass is 9.94. The summed E-state index contributed by atoms with van der Waals surface area (Å²) in [6.45, 7) is 4.76. The van der Waals surface area contributed by atoms with Crippen molar-refractivity contribution in [2.45, 2.75) is 57.7 Å². The number of carbonyl (C=O) groups excluding carboxylic acids is 2. The van der Waals surface area contributed by atoms with Crippen LogP contribution >= 0.6 is 11.3 Å². The Morgan fingerprint density at radius 3 is 2.47 bits per heavy atom. The van der Waals surface area contributed by atoms with Crippen LogP contribution in [0, 0.1) is 0 Å². The molecule has 1 aliphatic rings. The highest BCUT2D eigenvalue weighted by atomic mass is 32.1. The third kappa shape index (κ3) is 5.34. The van der Waals surface area contributed by atoms with Crippen LogP contribution in [0.25, 0.3) is 10.2 Å². The van der Waals surface area contributed by atoms with Gasteiger partial charge >= 0.3 is 0 Å². The van der Waals surface area contributed by atoms with E-state index in [0.717, 1.165) is 22.5 Å². The van der Waals surface area contributed by atoms with Crippen molar-refractivity contribution in [2.24, 2.45) is 0 Å². The predicted molar refractivity (Wildman–Crippen MR) is 144 cm³/mol. The summed E-state index contributed by atoms with van der Waals surface area (Å²) in [5.41, 5.74) is 2.22. The average molecular weight is 502 g/mol. The third-order valence-corrected chi connectivity index (χ3v) is 7.84. The van der Waals surface area contributed by atoms with Gasteiger partial charge in [0.15, 0.2) is 5.82 Å². The fourth-order valence-corrected chi connectivity index (χ4v) is 5.54. The second kappa shape index (κ2) is 10.2. The molecule has 0 radical (unpaired) electrons. The van der Waals surface area contributed by atoms with E-state index in [2.05, 4.69) is 26.1 Å². The summed E-state index contributed by atoms with van der Waals surface area (Å²) in [6, 6.07) is 19.9. The van der Waals surface area contributed by atoms with Crippen LogP contribution in [0.3, 0.4) is 0 Å². The number of hydrogen-bond donors (Lipinski definition) is 4. The zero-order valence-corrected chi connectivity index (χ0v) is 21.4. The minimum atomic E-state index is -0.524. The molecule has 1 aliphatic carbocycles. The molecule has 2 heterocycles. The van der Waals surface area contributed by atoms with Gasteiger partial charge in [-0.25, -0.2) is 0 Å². The molecule has 0 bridgehead atoms. The van der Waals surface area contributed by atoms with Gasteiger partial charge in [0.05, 0.1) is 15.8 Å². The lowest BCUT2D eigenvalue weighted by Gasteiger charge is -2.26. The summed E-state index contributed by atoms with van der Waals surface area (Å²) in [6.07, 6.45) is 5.10. The number of thiophene rings is 1. The maximum Gasteiger partial charge on any atom is 0.262 e. The number of nitrogens with zero attached hydrogens (tertiary/aromatic N) is 1. The van der Waals surface area contributed by atoms with E-state index in [4.69, 9.17) is 0 Å². The Hall–Kier alpha value is -3.49. The summed E-state index contributed by atoms with van der Waals surface area (Å²) in [5, 5.41) is 17.5. The maximum atomic E-state index is 13.0. The fraction of sp³-hybridized carbons (Fsp3) is 0.321. The summed E-state index contributed by atoms with van der Waals surface area (Å²) >= 11 is 1.31. The van der Waals surface area contributed by atoms with Crippen LogP contribution in [0.2, 0.25) is 0 Å². The van der Waals surface area contributed by atoms with Crippen LogP contribution in [0.1, 0.15) is 70.7 Å². The number of aromatic nitrogens is 2. The smallest absolute Gasteiger partial charge is 0.262 e. The number of H-pyrrole nitrogens is 1. The van der Waals surface area contributed by atoms with Crippen molar-refractivity contribution in [1.29, 1.82) is 0 Å². The molecular formula is C28H31N5O2S.